The molecule has 0 bridgehead atoms. The van der Waals surface area contributed by atoms with Crippen LogP contribution in [0.5, 0.6) is 0 Å². The zero-order valence-electron chi connectivity index (χ0n) is 50.5. The Hall–Kier alpha value is -2.55. The van der Waals surface area contributed by atoms with Crippen LogP contribution < -0.4 is 5.32 Å². The first kappa shape index (κ1) is 73.5. The molecule has 442 valence electrons. The van der Waals surface area contributed by atoms with Crippen LogP contribution in [0.2, 0.25) is 0 Å². The lowest BCUT2D eigenvalue weighted by molar-refractivity contribution is -0.870. The van der Waals surface area contributed by atoms with Crippen molar-refractivity contribution < 1.29 is 37.3 Å². The molecule has 3 atom stereocenters. The van der Waals surface area contributed by atoms with Crippen LogP contribution in [0.3, 0.4) is 0 Å². The van der Waals surface area contributed by atoms with Crippen molar-refractivity contribution in [1.82, 2.24) is 5.32 Å². The number of hydrogen-bond donors (Lipinski definition) is 2. The fraction of sp³-hybridized carbons (Fsp3) is 0.788. The van der Waals surface area contributed by atoms with Gasteiger partial charge in [-0.25, -0.2) is 4.57 Å². The minimum Gasteiger partial charge on any atom is -0.456 e. The van der Waals surface area contributed by atoms with Crippen LogP contribution >= 0.6 is 7.82 Å². The van der Waals surface area contributed by atoms with Gasteiger partial charge in [0.15, 0.2) is 0 Å². The highest BCUT2D eigenvalue weighted by Gasteiger charge is 2.30. The minimum atomic E-state index is -4.46. The standard InChI is InChI=1S/C66H121N2O7P/c1-7-10-13-16-19-22-25-28-30-32-33-34-35-37-39-41-44-47-50-53-56-59-66(70)75-64(57-54-51-48-45-42-27-24-21-18-15-12-9-3)63(62-74-76(71,72)73-61-60-68(4,5)6)67-65(69)58-55-52-49-46-43-40-38-36-31-29-26-23-20-17-14-11-8-2/h19,22,28-31,33-34,37,39,54,57,63-64H,7-18,20-21,23-27,32,35-36,38,40-53,55-56,58-62H2,1-6H3,(H-,67,69,71,72)/p+1/b22-19-,30-28-,31-29+,34-33-,39-37-,57-54+. The van der Waals surface area contributed by atoms with Gasteiger partial charge in [0, 0.05) is 12.8 Å². The van der Waals surface area contributed by atoms with Gasteiger partial charge in [-0.2, -0.15) is 0 Å². The highest BCUT2D eigenvalue weighted by atomic mass is 31.2. The lowest BCUT2D eigenvalue weighted by Gasteiger charge is -2.27. The quantitative estimate of drug-likeness (QED) is 0.0205. The van der Waals surface area contributed by atoms with Gasteiger partial charge in [0.05, 0.1) is 33.8 Å². The third kappa shape index (κ3) is 56.2. The van der Waals surface area contributed by atoms with Crippen molar-refractivity contribution in [1.29, 1.82) is 0 Å². The Bertz CT molecular complexity index is 1530. The Morgan fingerprint density at radius 1 is 0.461 bits per heavy atom. The normalized spacial score (nSPS) is 14.1. The maximum atomic E-state index is 13.5. The molecule has 0 radical (unpaired) electrons. The van der Waals surface area contributed by atoms with Gasteiger partial charge in [-0.3, -0.25) is 18.6 Å². The Kier molecular flexibility index (Phi) is 53.9. The molecular formula is C66H122N2O7P+. The fourth-order valence-electron chi connectivity index (χ4n) is 8.92. The van der Waals surface area contributed by atoms with Crippen molar-refractivity contribution in [3.8, 4) is 0 Å². The third-order valence-corrected chi connectivity index (χ3v) is 14.9. The highest BCUT2D eigenvalue weighted by Crippen LogP contribution is 2.43. The Balaban J connectivity index is 5.28. The van der Waals surface area contributed by atoms with Gasteiger partial charge >= 0.3 is 13.8 Å². The number of quaternary nitrogens is 1. The van der Waals surface area contributed by atoms with Crippen molar-refractivity contribution in [2.75, 3.05) is 40.9 Å². The van der Waals surface area contributed by atoms with Gasteiger partial charge in [0.1, 0.15) is 19.3 Å². The molecular weight excluding hydrogens is 964 g/mol. The number of allylic oxidation sites excluding steroid dienone is 11. The molecule has 0 aromatic carbocycles. The number of esters is 1. The number of rotatable bonds is 57. The summed E-state index contributed by atoms with van der Waals surface area (Å²) in [7, 11) is 1.48. The number of unbranched alkanes of at least 4 members (excludes halogenated alkanes) is 31. The third-order valence-electron chi connectivity index (χ3n) is 13.9. The van der Waals surface area contributed by atoms with Crippen LogP contribution in [0.4, 0.5) is 0 Å². The topological polar surface area (TPSA) is 111 Å². The molecule has 0 rings (SSSR count). The molecule has 0 spiro atoms. The van der Waals surface area contributed by atoms with Crippen molar-refractivity contribution >= 4 is 19.7 Å². The number of carbonyl (C=O) groups is 2. The van der Waals surface area contributed by atoms with Crippen LogP contribution in [-0.4, -0.2) is 74.3 Å². The van der Waals surface area contributed by atoms with Crippen molar-refractivity contribution in [3.05, 3.63) is 72.9 Å². The number of nitrogens with zero attached hydrogens (tertiary/aromatic N) is 1. The summed E-state index contributed by atoms with van der Waals surface area (Å²) < 4.78 is 30.7. The molecule has 10 heteroatoms. The van der Waals surface area contributed by atoms with Gasteiger partial charge in [-0.15, -0.1) is 0 Å². The van der Waals surface area contributed by atoms with E-state index in [4.69, 9.17) is 13.8 Å². The molecule has 0 saturated carbocycles. The smallest absolute Gasteiger partial charge is 0.456 e. The summed E-state index contributed by atoms with van der Waals surface area (Å²) in [6.45, 7) is 6.97. The van der Waals surface area contributed by atoms with E-state index in [1.54, 1.807) is 0 Å². The number of amides is 1. The predicted octanol–water partition coefficient (Wildman–Crippen LogP) is 19.6. The zero-order valence-corrected chi connectivity index (χ0v) is 51.4. The summed E-state index contributed by atoms with van der Waals surface area (Å²) in [5.74, 6) is -0.528. The molecule has 3 unspecified atom stereocenters. The van der Waals surface area contributed by atoms with E-state index in [1.165, 1.54) is 141 Å². The summed E-state index contributed by atoms with van der Waals surface area (Å²) >= 11 is 0. The largest absolute Gasteiger partial charge is 0.472 e. The second-order valence-electron chi connectivity index (χ2n) is 22.6. The van der Waals surface area contributed by atoms with Crippen molar-refractivity contribution in [2.45, 2.75) is 296 Å². The summed E-state index contributed by atoms with van der Waals surface area (Å²) in [6.07, 6.45) is 71.8. The number of carbonyl (C=O) groups excluding carboxylic acids is 2. The van der Waals surface area contributed by atoms with Gasteiger partial charge in [0.2, 0.25) is 5.91 Å². The lowest BCUT2D eigenvalue weighted by atomic mass is 10.0. The van der Waals surface area contributed by atoms with E-state index in [9.17, 15) is 19.0 Å². The fourth-order valence-corrected chi connectivity index (χ4v) is 9.65. The Labute approximate surface area is 470 Å². The van der Waals surface area contributed by atoms with E-state index in [-0.39, 0.29) is 31.5 Å². The number of ether oxygens (including phenoxy) is 1. The first-order valence-electron chi connectivity index (χ1n) is 31.8. The predicted molar refractivity (Wildman–Crippen MR) is 328 cm³/mol. The summed E-state index contributed by atoms with van der Waals surface area (Å²) in [6, 6.07) is -0.861. The zero-order chi connectivity index (χ0) is 55.7. The number of phosphoric ester groups is 1. The molecule has 0 saturated heterocycles. The molecule has 1 amide bonds. The lowest BCUT2D eigenvalue weighted by Crippen LogP contribution is -2.47. The van der Waals surface area contributed by atoms with E-state index < -0.39 is 20.0 Å². The minimum absolute atomic E-state index is 0.0341. The second-order valence-corrected chi connectivity index (χ2v) is 24.0. The van der Waals surface area contributed by atoms with Gasteiger partial charge in [-0.1, -0.05) is 242 Å². The molecule has 0 aliphatic carbocycles. The molecule has 0 heterocycles. The summed E-state index contributed by atoms with van der Waals surface area (Å²) in [5.41, 5.74) is 0. The monoisotopic (exact) mass is 1090 g/mol. The molecule has 76 heavy (non-hydrogen) atoms. The summed E-state index contributed by atoms with van der Waals surface area (Å²) in [5, 5.41) is 3.05. The van der Waals surface area contributed by atoms with Gasteiger partial charge in [-0.05, 0) is 102 Å². The van der Waals surface area contributed by atoms with Crippen LogP contribution in [0.25, 0.3) is 0 Å². The van der Waals surface area contributed by atoms with Crippen LogP contribution in [-0.2, 0) is 27.9 Å². The number of likely N-dealkylation sites (N-methyl/N-ethyl adjacent to an activating group) is 1. The van der Waals surface area contributed by atoms with Gasteiger partial charge in [0.25, 0.3) is 0 Å². The van der Waals surface area contributed by atoms with Crippen molar-refractivity contribution in [3.63, 3.8) is 0 Å². The highest BCUT2D eigenvalue weighted by molar-refractivity contribution is 7.47. The maximum Gasteiger partial charge on any atom is 0.472 e. The van der Waals surface area contributed by atoms with Crippen LogP contribution in [0.1, 0.15) is 284 Å². The molecule has 2 N–H and O–H groups in total. The average molecular weight is 1090 g/mol. The Morgan fingerprint density at radius 2 is 0.803 bits per heavy atom. The number of nitrogens with one attached hydrogen (secondary N) is 1. The number of hydrogen-bond acceptors (Lipinski definition) is 6. The molecule has 0 aliphatic heterocycles. The van der Waals surface area contributed by atoms with E-state index in [2.05, 4.69) is 86.8 Å². The molecule has 0 aromatic rings. The SMILES string of the molecule is CCCCC/C=C\C/C=C\C/C=C\C/C=C\CCCCCCCC(=O)OC(/C=C/CCCCCCCCCCCC)C(COP(=O)(O)OCC[N+](C)(C)C)NC(=O)CCCCCCCCC/C=C/CCCCCCCC. The second kappa shape index (κ2) is 55.8. The summed E-state index contributed by atoms with van der Waals surface area (Å²) in [4.78, 5) is 37.7. The van der Waals surface area contributed by atoms with E-state index in [0.717, 1.165) is 103 Å². The van der Waals surface area contributed by atoms with Crippen molar-refractivity contribution in [2.24, 2.45) is 0 Å². The van der Waals surface area contributed by atoms with E-state index in [0.29, 0.717) is 23.9 Å². The number of phosphoric acid groups is 1. The average Bonchev–Trinajstić information content (AvgIpc) is 3.38. The molecule has 9 nitrogen and oxygen atoms in total. The maximum absolute atomic E-state index is 13.5. The first-order chi connectivity index (χ1) is 36.9. The molecule has 0 aliphatic rings. The van der Waals surface area contributed by atoms with E-state index >= 15 is 0 Å². The Morgan fingerprint density at radius 3 is 1.24 bits per heavy atom. The van der Waals surface area contributed by atoms with E-state index in [1.807, 2.05) is 33.3 Å². The molecule has 0 aromatic heterocycles. The van der Waals surface area contributed by atoms with Crippen LogP contribution in [0.15, 0.2) is 72.9 Å². The molecule has 0 fully saturated rings. The first-order valence-corrected chi connectivity index (χ1v) is 33.3. The van der Waals surface area contributed by atoms with Gasteiger partial charge < -0.3 is 19.4 Å². The van der Waals surface area contributed by atoms with Crippen LogP contribution in [0, 0.1) is 0 Å².